The zero-order valence-corrected chi connectivity index (χ0v) is 33.2. The molecule has 5 amide bonds. The quantitative estimate of drug-likeness (QED) is 0.126. The maximum absolute atomic E-state index is 13.9. The third kappa shape index (κ3) is 16.1. The van der Waals surface area contributed by atoms with Crippen LogP contribution in [0, 0.1) is 30.6 Å². The Bertz CT molecular complexity index is 1460. The summed E-state index contributed by atoms with van der Waals surface area (Å²) >= 11 is 1.45. The van der Waals surface area contributed by atoms with Gasteiger partial charge in [-0.1, -0.05) is 71.9 Å². The summed E-state index contributed by atoms with van der Waals surface area (Å²) in [4.78, 5) is 70.4. The Labute approximate surface area is 312 Å². The van der Waals surface area contributed by atoms with Gasteiger partial charge >= 0.3 is 6.09 Å². The van der Waals surface area contributed by atoms with Crippen LogP contribution in [0.2, 0.25) is 0 Å². The molecule has 0 bridgehead atoms. The highest BCUT2D eigenvalue weighted by Crippen LogP contribution is 2.17. The Kier molecular flexibility index (Phi) is 17.7. The van der Waals surface area contributed by atoms with Crippen LogP contribution in [0.5, 0.6) is 0 Å². The standard InChI is InChI=1S/C38H60N6O7S/c1-22(2)19-39-36(49)32(23(3)4)44-34(47)24(5)16-30(45)28(18-27-14-12-11-13-15-27)42-35(48)29(20-40-37(50)51-38(8,9)10)43-33(46)25(6)17-31-41-26(7)21-52-31/h11-15,21-25,28-30,32,45H,16-20H2,1-10H3,(H,39,49)(H,40,50)(H,42,48)(H,43,46)(H,44,47)/t24-,25+,28+,29+,30+,32+/m1/s1. The minimum atomic E-state index is -1.22. The minimum absolute atomic E-state index is 0.0283. The summed E-state index contributed by atoms with van der Waals surface area (Å²) in [5, 5.41) is 28.1. The number of carbonyl (C=O) groups excluding carboxylic acids is 5. The smallest absolute Gasteiger partial charge is 0.407 e. The molecule has 1 aromatic carbocycles. The van der Waals surface area contributed by atoms with E-state index in [1.807, 2.05) is 70.3 Å². The summed E-state index contributed by atoms with van der Waals surface area (Å²) in [6.45, 7) is 18.2. The molecular weight excluding hydrogens is 685 g/mol. The van der Waals surface area contributed by atoms with Crippen LogP contribution in [0.1, 0.15) is 85.0 Å². The van der Waals surface area contributed by atoms with Crippen molar-refractivity contribution in [3.8, 4) is 0 Å². The van der Waals surface area contributed by atoms with Crippen molar-refractivity contribution in [1.82, 2.24) is 31.6 Å². The fourth-order valence-corrected chi connectivity index (χ4v) is 6.09. The number of hydrogen-bond acceptors (Lipinski definition) is 9. The van der Waals surface area contributed by atoms with E-state index in [0.717, 1.165) is 16.3 Å². The summed E-state index contributed by atoms with van der Waals surface area (Å²) in [5.41, 5.74) is 0.894. The Morgan fingerprint density at radius 1 is 0.808 bits per heavy atom. The van der Waals surface area contributed by atoms with E-state index >= 15 is 0 Å². The predicted molar refractivity (Wildman–Crippen MR) is 202 cm³/mol. The van der Waals surface area contributed by atoms with Crippen LogP contribution in [-0.4, -0.2) is 82.7 Å². The van der Waals surface area contributed by atoms with Crippen LogP contribution < -0.4 is 26.6 Å². The molecule has 0 aliphatic rings. The van der Waals surface area contributed by atoms with Crippen molar-refractivity contribution in [2.45, 2.75) is 118 Å². The number of aliphatic hydroxyl groups excluding tert-OH is 1. The van der Waals surface area contributed by atoms with E-state index in [1.165, 1.54) is 11.3 Å². The highest BCUT2D eigenvalue weighted by Gasteiger charge is 2.32. The molecule has 52 heavy (non-hydrogen) atoms. The van der Waals surface area contributed by atoms with E-state index in [1.54, 1.807) is 34.6 Å². The Hall–Kier alpha value is -4.04. The number of nitrogens with zero attached hydrogens (tertiary/aromatic N) is 1. The lowest BCUT2D eigenvalue weighted by atomic mass is 9.92. The molecule has 0 unspecified atom stereocenters. The highest BCUT2D eigenvalue weighted by molar-refractivity contribution is 7.09. The van der Waals surface area contributed by atoms with Crippen molar-refractivity contribution in [1.29, 1.82) is 0 Å². The fourth-order valence-electron chi connectivity index (χ4n) is 5.19. The van der Waals surface area contributed by atoms with Crippen LogP contribution in [0.25, 0.3) is 0 Å². The Morgan fingerprint density at radius 2 is 1.44 bits per heavy atom. The van der Waals surface area contributed by atoms with Crippen LogP contribution in [0.3, 0.4) is 0 Å². The number of thiazole rings is 1. The number of alkyl carbamates (subject to hydrolysis) is 1. The van der Waals surface area contributed by atoms with E-state index in [-0.39, 0.29) is 37.1 Å². The largest absolute Gasteiger partial charge is 0.444 e. The van der Waals surface area contributed by atoms with Crippen molar-refractivity contribution in [3.63, 3.8) is 0 Å². The van der Waals surface area contributed by atoms with Gasteiger partial charge in [0.05, 0.1) is 23.7 Å². The third-order valence-electron chi connectivity index (χ3n) is 8.14. The number of aromatic nitrogens is 1. The van der Waals surface area contributed by atoms with Crippen molar-refractivity contribution >= 4 is 41.1 Å². The normalized spacial score (nSPS) is 15.1. The summed E-state index contributed by atoms with van der Waals surface area (Å²) in [6, 6.07) is 6.39. The van der Waals surface area contributed by atoms with Gasteiger partial charge in [0.2, 0.25) is 23.6 Å². The second kappa shape index (κ2) is 20.9. The second-order valence-corrected chi connectivity index (χ2v) is 16.3. The topological polar surface area (TPSA) is 188 Å². The lowest BCUT2D eigenvalue weighted by molar-refractivity contribution is -0.133. The molecule has 2 rings (SSSR count). The van der Waals surface area contributed by atoms with Crippen LogP contribution in [0.4, 0.5) is 4.79 Å². The fraction of sp³-hybridized carbons (Fsp3) is 0.632. The molecule has 1 heterocycles. The van der Waals surface area contributed by atoms with Gasteiger partial charge in [0.15, 0.2) is 0 Å². The van der Waals surface area contributed by atoms with Crippen molar-refractivity contribution in [2.75, 3.05) is 13.1 Å². The number of benzene rings is 1. The monoisotopic (exact) mass is 744 g/mol. The van der Waals surface area contributed by atoms with Crippen molar-refractivity contribution < 1.29 is 33.8 Å². The molecule has 0 saturated carbocycles. The molecule has 6 atom stereocenters. The van der Waals surface area contributed by atoms with Crippen LogP contribution in [-0.2, 0) is 36.8 Å². The second-order valence-electron chi connectivity index (χ2n) is 15.3. The number of carbonyl (C=O) groups is 5. The number of aliphatic hydroxyl groups is 1. The first-order valence-electron chi connectivity index (χ1n) is 18.0. The molecule has 0 fully saturated rings. The first-order valence-corrected chi connectivity index (χ1v) is 18.9. The molecular formula is C38H60N6O7S. The van der Waals surface area contributed by atoms with Crippen molar-refractivity contribution in [3.05, 3.63) is 52.0 Å². The Balaban J connectivity index is 2.26. The molecule has 290 valence electrons. The van der Waals surface area contributed by atoms with Crippen LogP contribution >= 0.6 is 11.3 Å². The van der Waals surface area contributed by atoms with Crippen LogP contribution in [0.15, 0.2) is 35.7 Å². The molecule has 6 N–H and O–H groups in total. The van der Waals surface area contributed by atoms with Gasteiger partial charge < -0.3 is 36.4 Å². The highest BCUT2D eigenvalue weighted by atomic mass is 32.1. The molecule has 13 nitrogen and oxygen atoms in total. The number of aryl methyl sites for hydroxylation is 1. The first kappa shape index (κ1) is 44.1. The number of ether oxygens (including phenoxy) is 1. The minimum Gasteiger partial charge on any atom is -0.444 e. The van der Waals surface area contributed by atoms with Gasteiger partial charge in [0.1, 0.15) is 17.7 Å². The van der Waals surface area contributed by atoms with Gasteiger partial charge in [-0.15, -0.1) is 11.3 Å². The number of hydrogen-bond donors (Lipinski definition) is 6. The number of nitrogens with one attached hydrogen (secondary N) is 5. The van der Waals surface area contributed by atoms with E-state index in [9.17, 15) is 29.1 Å². The van der Waals surface area contributed by atoms with Gasteiger partial charge in [-0.2, -0.15) is 0 Å². The van der Waals surface area contributed by atoms with E-state index < -0.39 is 65.5 Å². The van der Waals surface area contributed by atoms with E-state index in [4.69, 9.17) is 4.74 Å². The van der Waals surface area contributed by atoms with Crippen molar-refractivity contribution in [2.24, 2.45) is 23.7 Å². The van der Waals surface area contributed by atoms with Gasteiger partial charge in [-0.25, -0.2) is 9.78 Å². The lowest BCUT2D eigenvalue weighted by Crippen LogP contribution is -2.58. The zero-order valence-electron chi connectivity index (χ0n) is 32.4. The summed E-state index contributed by atoms with van der Waals surface area (Å²) in [7, 11) is 0. The molecule has 0 saturated heterocycles. The summed E-state index contributed by atoms with van der Waals surface area (Å²) in [5.74, 6) is -2.91. The number of rotatable bonds is 19. The van der Waals surface area contributed by atoms with E-state index in [2.05, 4.69) is 31.6 Å². The molecule has 0 aliphatic heterocycles. The molecule has 0 aliphatic carbocycles. The Morgan fingerprint density at radius 3 is 2.00 bits per heavy atom. The summed E-state index contributed by atoms with van der Waals surface area (Å²) < 4.78 is 5.34. The lowest BCUT2D eigenvalue weighted by Gasteiger charge is -2.30. The maximum Gasteiger partial charge on any atom is 0.407 e. The van der Waals surface area contributed by atoms with Gasteiger partial charge in [0, 0.05) is 35.9 Å². The third-order valence-corrected chi connectivity index (χ3v) is 9.13. The molecule has 0 spiro atoms. The average Bonchev–Trinajstić information content (AvgIpc) is 3.46. The van der Waals surface area contributed by atoms with E-state index in [0.29, 0.717) is 13.0 Å². The molecule has 0 radical (unpaired) electrons. The SMILES string of the molecule is Cc1csc(C[C@H](C)C(=O)N[C@@H](CNC(=O)OC(C)(C)C)C(=O)N[C@@H](Cc2ccccc2)[C@@H](O)C[C@@H](C)C(=O)N[C@H](C(=O)NCC(C)C)C(C)C)n1. The van der Waals surface area contributed by atoms with Gasteiger partial charge in [0.25, 0.3) is 0 Å². The predicted octanol–water partition coefficient (Wildman–Crippen LogP) is 3.67. The van der Waals surface area contributed by atoms with Gasteiger partial charge in [-0.3, -0.25) is 19.2 Å². The molecule has 2 aromatic rings. The molecule has 14 heteroatoms. The number of amides is 5. The first-order chi connectivity index (χ1) is 24.2. The van der Waals surface area contributed by atoms with Gasteiger partial charge in [-0.05, 0) is 57.9 Å². The zero-order chi connectivity index (χ0) is 39.2. The molecule has 1 aromatic heterocycles. The summed E-state index contributed by atoms with van der Waals surface area (Å²) in [6.07, 6.45) is -1.40. The average molecular weight is 745 g/mol. The maximum atomic E-state index is 13.9.